The monoisotopic (exact) mass is 342 g/mol. The molecule has 1 fully saturated rings. The lowest BCUT2D eigenvalue weighted by Gasteiger charge is -2.24. The van der Waals surface area contributed by atoms with Gasteiger partial charge < -0.3 is 10.6 Å². The Labute approximate surface area is 149 Å². The molecule has 1 saturated carbocycles. The van der Waals surface area contributed by atoms with Crippen molar-refractivity contribution in [3.63, 3.8) is 0 Å². The molecule has 2 N–H and O–H groups in total. The predicted octanol–water partition coefficient (Wildman–Crippen LogP) is 1.93. The van der Waals surface area contributed by atoms with E-state index < -0.39 is 5.54 Å². The standard InChI is InChI=1S/C19H26N4O2/c1-4-14-7-5-6-8-16(14)21-17(24)11-23(3)12-18(25)22-19(2,13-20)15-9-10-15/h5-8,15H,4,9-12H2,1-3H3,(H,21,24)(H,22,25)/t19-/m0/s1. The third-order valence-corrected chi connectivity index (χ3v) is 4.52. The average Bonchev–Trinajstić information content (AvgIpc) is 3.40. The van der Waals surface area contributed by atoms with Gasteiger partial charge >= 0.3 is 0 Å². The highest BCUT2D eigenvalue weighted by atomic mass is 16.2. The number of rotatable bonds is 8. The second-order valence-electron chi connectivity index (χ2n) is 6.87. The number of aryl methyl sites for hydroxylation is 1. The van der Waals surface area contributed by atoms with Crippen LogP contribution >= 0.6 is 0 Å². The first kappa shape index (κ1) is 18.9. The molecule has 0 unspecified atom stereocenters. The molecule has 1 aliphatic carbocycles. The summed E-state index contributed by atoms with van der Waals surface area (Å²) in [5.74, 6) is -0.165. The van der Waals surface area contributed by atoms with Gasteiger partial charge in [-0.05, 0) is 50.8 Å². The van der Waals surface area contributed by atoms with Crippen molar-refractivity contribution in [2.45, 2.75) is 38.6 Å². The fourth-order valence-corrected chi connectivity index (χ4v) is 2.90. The van der Waals surface area contributed by atoms with Gasteiger partial charge in [-0.25, -0.2) is 0 Å². The van der Waals surface area contributed by atoms with Crippen molar-refractivity contribution in [1.29, 1.82) is 5.26 Å². The SMILES string of the molecule is CCc1ccccc1NC(=O)CN(C)CC(=O)N[C@@](C)(C#N)C1CC1. The highest BCUT2D eigenvalue weighted by molar-refractivity contribution is 5.93. The zero-order valence-electron chi connectivity index (χ0n) is 15.1. The topological polar surface area (TPSA) is 85.2 Å². The largest absolute Gasteiger partial charge is 0.337 e. The third kappa shape index (κ3) is 5.30. The van der Waals surface area contributed by atoms with E-state index in [0.717, 1.165) is 30.5 Å². The lowest BCUT2D eigenvalue weighted by molar-refractivity contribution is -0.124. The molecule has 0 radical (unpaired) electrons. The Bertz CT molecular complexity index is 678. The molecular formula is C19H26N4O2. The number of nitrogens with zero attached hydrogens (tertiary/aromatic N) is 2. The van der Waals surface area contributed by atoms with Gasteiger partial charge in [0.05, 0.1) is 19.2 Å². The van der Waals surface area contributed by atoms with Crippen LogP contribution in [0.25, 0.3) is 0 Å². The zero-order chi connectivity index (χ0) is 18.4. The van der Waals surface area contributed by atoms with E-state index in [1.54, 1.807) is 18.9 Å². The second-order valence-corrected chi connectivity index (χ2v) is 6.87. The van der Waals surface area contributed by atoms with Gasteiger partial charge in [0.25, 0.3) is 0 Å². The van der Waals surface area contributed by atoms with E-state index in [9.17, 15) is 14.9 Å². The quantitative estimate of drug-likeness (QED) is 0.756. The molecule has 0 bridgehead atoms. The van der Waals surface area contributed by atoms with E-state index in [4.69, 9.17) is 0 Å². The maximum atomic E-state index is 12.2. The summed E-state index contributed by atoms with van der Waals surface area (Å²) in [6, 6.07) is 9.88. The van der Waals surface area contributed by atoms with Crippen molar-refractivity contribution in [2.24, 2.45) is 5.92 Å². The number of likely N-dealkylation sites (N-methyl/N-ethyl adjacent to an activating group) is 1. The summed E-state index contributed by atoms with van der Waals surface area (Å²) in [6.07, 6.45) is 2.78. The van der Waals surface area contributed by atoms with Gasteiger partial charge in [0.2, 0.25) is 11.8 Å². The number of anilines is 1. The summed E-state index contributed by atoms with van der Waals surface area (Å²) in [7, 11) is 1.71. The van der Waals surface area contributed by atoms with Crippen molar-refractivity contribution < 1.29 is 9.59 Å². The molecule has 6 nitrogen and oxygen atoms in total. The van der Waals surface area contributed by atoms with Crippen LogP contribution in [0, 0.1) is 17.2 Å². The highest BCUT2D eigenvalue weighted by Crippen LogP contribution is 2.39. The van der Waals surface area contributed by atoms with Crippen LogP contribution in [-0.2, 0) is 16.0 Å². The van der Waals surface area contributed by atoms with Gasteiger partial charge in [-0.1, -0.05) is 25.1 Å². The minimum atomic E-state index is -0.805. The van der Waals surface area contributed by atoms with Crippen LogP contribution in [0.2, 0.25) is 0 Å². The van der Waals surface area contributed by atoms with Gasteiger partial charge in [0.1, 0.15) is 5.54 Å². The number of carbonyl (C=O) groups is 2. The lowest BCUT2D eigenvalue weighted by atomic mass is 9.98. The van der Waals surface area contributed by atoms with Crippen LogP contribution in [-0.4, -0.2) is 42.4 Å². The van der Waals surface area contributed by atoms with Crippen molar-refractivity contribution in [1.82, 2.24) is 10.2 Å². The van der Waals surface area contributed by atoms with Crippen LogP contribution in [0.4, 0.5) is 5.69 Å². The van der Waals surface area contributed by atoms with Gasteiger partial charge in [0.15, 0.2) is 0 Å². The Morgan fingerprint density at radius 1 is 1.28 bits per heavy atom. The molecule has 1 aromatic rings. The number of hydrogen-bond donors (Lipinski definition) is 2. The first-order valence-corrected chi connectivity index (χ1v) is 8.66. The number of amides is 2. The van der Waals surface area contributed by atoms with Crippen LogP contribution in [0.1, 0.15) is 32.3 Å². The van der Waals surface area contributed by atoms with Gasteiger partial charge in [-0.15, -0.1) is 0 Å². The number of benzene rings is 1. The Hall–Kier alpha value is -2.39. The molecule has 0 aliphatic heterocycles. The number of nitrogens with one attached hydrogen (secondary N) is 2. The average molecular weight is 342 g/mol. The lowest BCUT2D eigenvalue weighted by Crippen LogP contribution is -2.50. The molecule has 2 rings (SSSR count). The molecule has 134 valence electrons. The smallest absolute Gasteiger partial charge is 0.238 e. The predicted molar refractivity (Wildman–Crippen MR) is 96.8 cm³/mol. The molecule has 0 aromatic heterocycles. The maximum absolute atomic E-state index is 12.2. The van der Waals surface area contributed by atoms with Crippen molar-refractivity contribution in [3.8, 4) is 6.07 Å². The Morgan fingerprint density at radius 2 is 1.92 bits per heavy atom. The minimum absolute atomic E-state index is 0.0762. The van der Waals surface area contributed by atoms with Gasteiger partial charge in [0, 0.05) is 5.69 Å². The summed E-state index contributed by atoms with van der Waals surface area (Å²) < 4.78 is 0. The minimum Gasteiger partial charge on any atom is -0.337 e. The van der Waals surface area contributed by atoms with Gasteiger partial charge in [-0.3, -0.25) is 14.5 Å². The van der Waals surface area contributed by atoms with E-state index >= 15 is 0 Å². The summed E-state index contributed by atoms with van der Waals surface area (Å²) >= 11 is 0. The van der Waals surface area contributed by atoms with E-state index in [1.165, 1.54) is 0 Å². The van der Waals surface area contributed by atoms with Crippen LogP contribution < -0.4 is 10.6 Å². The molecule has 1 aromatic carbocycles. The normalized spacial score (nSPS) is 16.0. The second kappa shape index (κ2) is 8.13. The summed E-state index contributed by atoms with van der Waals surface area (Å²) in [5.41, 5.74) is 1.07. The maximum Gasteiger partial charge on any atom is 0.238 e. The molecular weight excluding hydrogens is 316 g/mol. The number of carbonyl (C=O) groups excluding carboxylic acids is 2. The Balaban J connectivity index is 1.83. The van der Waals surface area contributed by atoms with Crippen LogP contribution in [0.15, 0.2) is 24.3 Å². The summed E-state index contributed by atoms with van der Waals surface area (Å²) in [6.45, 7) is 3.98. The summed E-state index contributed by atoms with van der Waals surface area (Å²) in [5, 5.41) is 15.0. The molecule has 6 heteroatoms. The number of hydrogen-bond acceptors (Lipinski definition) is 4. The number of nitriles is 1. The Morgan fingerprint density at radius 3 is 2.52 bits per heavy atom. The van der Waals surface area contributed by atoms with E-state index in [2.05, 4.69) is 16.7 Å². The van der Waals surface area contributed by atoms with Crippen molar-refractivity contribution >= 4 is 17.5 Å². The highest BCUT2D eigenvalue weighted by Gasteiger charge is 2.43. The number of para-hydroxylation sites is 1. The summed E-state index contributed by atoms with van der Waals surface area (Å²) in [4.78, 5) is 26.0. The fraction of sp³-hybridized carbons (Fsp3) is 0.526. The van der Waals surface area contributed by atoms with E-state index in [0.29, 0.717) is 0 Å². The first-order valence-electron chi connectivity index (χ1n) is 8.66. The van der Waals surface area contributed by atoms with E-state index in [-0.39, 0.29) is 30.8 Å². The fourth-order valence-electron chi connectivity index (χ4n) is 2.90. The molecule has 0 saturated heterocycles. The van der Waals surface area contributed by atoms with Crippen LogP contribution in [0.3, 0.4) is 0 Å². The van der Waals surface area contributed by atoms with E-state index in [1.807, 2.05) is 31.2 Å². The Kier molecular flexibility index (Phi) is 6.16. The molecule has 25 heavy (non-hydrogen) atoms. The van der Waals surface area contributed by atoms with Crippen molar-refractivity contribution in [3.05, 3.63) is 29.8 Å². The molecule has 1 atom stereocenters. The third-order valence-electron chi connectivity index (χ3n) is 4.52. The molecule has 1 aliphatic rings. The van der Waals surface area contributed by atoms with Crippen molar-refractivity contribution in [2.75, 3.05) is 25.5 Å². The van der Waals surface area contributed by atoms with Gasteiger partial charge in [-0.2, -0.15) is 5.26 Å². The molecule has 2 amide bonds. The molecule has 0 heterocycles. The zero-order valence-corrected chi connectivity index (χ0v) is 15.1. The molecule has 0 spiro atoms. The first-order chi connectivity index (χ1) is 11.9. The van der Waals surface area contributed by atoms with Crippen LogP contribution in [0.5, 0.6) is 0 Å².